The quantitative estimate of drug-likeness (QED) is 0.475. The van der Waals surface area contributed by atoms with Crippen LogP contribution in [-0.4, -0.2) is 29.5 Å². The van der Waals surface area contributed by atoms with Gasteiger partial charge in [0.1, 0.15) is 5.82 Å². The molecule has 5 nitrogen and oxygen atoms in total. The van der Waals surface area contributed by atoms with Gasteiger partial charge in [0.25, 0.3) is 0 Å². The lowest BCUT2D eigenvalue weighted by Crippen LogP contribution is -2.16. The molecule has 0 saturated heterocycles. The molecule has 6 heteroatoms. The Morgan fingerprint density at radius 1 is 1.22 bits per heavy atom. The van der Waals surface area contributed by atoms with E-state index >= 15 is 0 Å². The van der Waals surface area contributed by atoms with Gasteiger partial charge in [-0.15, -0.1) is 0 Å². The van der Waals surface area contributed by atoms with Gasteiger partial charge in [0.15, 0.2) is 0 Å². The Hall–Kier alpha value is -1.88. The second kappa shape index (κ2) is 6.16. The maximum atomic E-state index is 10.1. The standard InChI is InChI=1S/C12H13ClN4O/c13-12-16-10-5-2-1-4-9(10)11(17-12)15-7-3-6-14-8-18/h1-2,4-5,8H,3,6-7H2,(H,14,18)(H,15,16,17). The molecule has 1 amide bonds. The highest BCUT2D eigenvalue weighted by atomic mass is 35.5. The molecule has 0 aliphatic carbocycles. The summed E-state index contributed by atoms with van der Waals surface area (Å²) >= 11 is 5.87. The van der Waals surface area contributed by atoms with Gasteiger partial charge in [-0.3, -0.25) is 4.79 Å². The molecule has 0 fully saturated rings. The van der Waals surface area contributed by atoms with Crippen molar-refractivity contribution in [2.75, 3.05) is 18.4 Å². The molecule has 94 valence electrons. The molecule has 0 atom stereocenters. The summed E-state index contributed by atoms with van der Waals surface area (Å²) in [5.41, 5.74) is 0.811. The summed E-state index contributed by atoms with van der Waals surface area (Å²) in [7, 11) is 0. The normalized spacial score (nSPS) is 10.3. The van der Waals surface area contributed by atoms with Gasteiger partial charge in [0.2, 0.25) is 11.7 Å². The van der Waals surface area contributed by atoms with Crippen LogP contribution in [0.25, 0.3) is 10.9 Å². The summed E-state index contributed by atoms with van der Waals surface area (Å²) in [6, 6.07) is 7.67. The van der Waals surface area contributed by atoms with E-state index in [-0.39, 0.29) is 5.28 Å². The summed E-state index contributed by atoms with van der Waals surface area (Å²) < 4.78 is 0. The van der Waals surface area contributed by atoms with E-state index in [1.54, 1.807) is 0 Å². The number of para-hydroxylation sites is 1. The summed E-state index contributed by atoms with van der Waals surface area (Å²) in [6.45, 7) is 1.34. The van der Waals surface area contributed by atoms with E-state index in [4.69, 9.17) is 11.6 Å². The Morgan fingerprint density at radius 3 is 2.89 bits per heavy atom. The summed E-state index contributed by atoms with van der Waals surface area (Å²) in [6.07, 6.45) is 1.51. The number of aromatic nitrogens is 2. The van der Waals surface area contributed by atoms with Gasteiger partial charge in [-0.05, 0) is 30.2 Å². The van der Waals surface area contributed by atoms with Crippen molar-refractivity contribution in [3.63, 3.8) is 0 Å². The summed E-state index contributed by atoms with van der Waals surface area (Å²) in [4.78, 5) is 18.4. The molecule has 1 aromatic heterocycles. The second-order valence-corrected chi connectivity index (χ2v) is 4.05. The summed E-state index contributed by atoms with van der Waals surface area (Å²) in [5.74, 6) is 0.719. The van der Waals surface area contributed by atoms with Crippen molar-refractivity contribution in [1.82, 2.24) is 15.3 Å². The van der Waals surface area contributed by atoms with E-state index in [1.165, 1.54) is 0 Å². The molecule has 0 spiro atoms. The number of hydrogen-bond acceptors (Lipinski definition) is 4. The molecule has 0 aliphatic heterocycles. The molecule has 1 heterocycles. The van der Waals surface area contributed by atoms with E-state index in [1.807, 2.05) is 24.3 Å². The first kappa shape index (κ1) is 12.6. The lowest BCUT2D eigenvalue weighted by atomic mass is 10.2. The zero-order valence-electron chi connectivity index (χ0n) is 9.69. The first-order chi connectivity index (χ1) is 8.81. The molecule has 0 saturated carbocycles. The SMILES string of the molecule is O=CNCCCNc1nc(Cl)nc2ccccc12. The number of anilines is 1. The summed E-state index contributed by atoms with van der Waals surface area (Å²) in [5, 5.41) is 6.96. The first-order valence-electron chi connectivity index (χ1n) is 5.64. The van der Waals surface area contributed by atoms with Crippen molar-refractivity contribution in [2.45, 2.75) is 6.42 Å². The number of carbonyl (C=O) groups excluding carboxylic acids is 1. The van der Waals surface area contributed by atoms with E-state index in [0.717, 1.165) is 23.1 Å². The maximum Gasteiger partial charge on any atom is 0.224 e. The number of halogens is 1. The predicted molar refractivity (Wildman–Crippen MR) is 71.7 cm³/mol. The molecule has 2 aromatic rings. The minimum atomic E-state index is 0.224. The Kier molecular flexibility index (Phi) is 4.30. The van der Waals surface area contributed by atoms with Crippen molar-refractivity contribution < 1.29 is 4.79 Å². The van der Waals surface area contributed by atoms with Crippen molar-refractivity contribution in [2.24, 2.45) is 0 Å². The van der Waals surface area contributed by atoms with Crippen LogP contribution in [-0.2, 0) is 4.79 Å². The fourth-order valence-corrected chi connectivity index (χ4v) is 1.81. The van der Waals surface area contributed by atoms with Gasteiger partial charge in [-0.2, -0.15) is 0 Å². The van der Waals surface area contributed by atoms with E-state index in [9.17, 15) is 4.79 Å². The zero-order valence-corrected chi connectivity index (χ0v) is 10.4. The molecule has 18 heavy (non-hydrogen) atoms. The highest BCUT2D eigenvalue weighted by molar-refractivity contribution is 6.28. The highest BCUT2D eigenvalue weighted by Crippen LogP contribution is 2.21. The van der Waals surface area contributed by atoms with Crippen LogP contribution in [0.3, 0.4) is 0 Å². The Bertz CT molecular complexity index is 547. The molecule has 0 radical (unpaired) electrons. The average Bonchev–Trinajstić information content (AvgIpc) is 2.38. The molecule has 1 aromatic carbocycles. The van der Waals surface area contributed by atoms with Crippen molar-refractivity contribution in [1.29, 1.82) is 0 Å². The topological polar surface area (TPSA) is 66.9 Å². The Morgan fingerprint density at radius 2 is 2.06 bits per heavy atom. The molecule has 2 N–H and O–H groups in total. The number of rotatable bonds is 6. The molecule has 0 aliphatic rings. The van der Waals surface area contributed by atoms with Gasteiger partial charge in [-0.1, -0.05) is 12.1 Å². The first-order valence-corrected chi connectivity index (χ1v) is 6.02. The van der Waals surface area contributed by atoms with Gasteiger partial charge < -0.3 is 10.6 Å². The van der Waals surface area contributed by atoms with Crippen LogP contribution >= 0.6 is 11.6 Å². The highest BCUT2D eigenvalue weighted by Gasteiger charge is 2.04. The largest absolute Gasteiger partial charge is 0.369 e. The van der Waals surface area contributed by atoms with Gasteiger partial charge in [0, 0.05) is 18.5 Å². The van der Waals surface area contributed by atoms with Crippen LogP contribution in [0.4, 0.5) is 5.82 Å². The molecular weight excluding hydrogens is 252 g/mol. The third-order valence-corrected chi connectivity index (χ3v) is 2.62. The third kappa shape index (κ3) is 3.07. The van der Waals surface area contributed by atoms with Crippen LogP contribution in [0.1, 0.15) is 6.42 Å². The van der Waals surface area contributed by atoms with Gasteiger partial charge in [-0.25, -0.2) is 9.97 Å². The van der Waals surface area contributed by atoms with E-state index < -0.39 is 0 Å². The van der Waals surface area contributed by atoms with Gasteiger partial charge in [0.05, 0.1) is 5.52 Å². The molecular formula is C12H13ClN4O. The van der Waals surface area contributed by atoms with Gasteiger partial charge >= 0.3 is 0 Å². The molecule has 0 unspecified atom stereocenters. The Balaban J connectivity index is 2.09. The third-order valence-electron chi connectivity index (χ3n) is 2.45. The number of nitrogens with one attached hydrogen (secondary N) is 2. The lowest BCUT2D eigenvalue weighted by molar-refractivity contribution is -0.109. The maximum absolute atomic E-state index is 10.1. The Labute approximate surface area is 110 Å². The van der Waals surface area contributed by atoms with Crippen molar-refractivity contribution in [3.05, 3.63) is 29.5 Å². The van der Waals surface area contributed by atoms with Crippen molar-refractivity contribution >= 4 is 34.7 Å². The monoisotopic (exact) mass is 264 g/mol. The zero-order chi connectivity index (χ0) is 12.8. The average molecular weight is 265 g/mol. The van der Waals surface area contributed by atoms with E-state index in [0.29, 0.717) is 19.5 Å². The van der Waals surface area contributed by atoms with Crippen LogP contribution in [0, 0.1) is 0 Å². The fraction of sp³-hybridized carbons (Fsp3) is 0.250. The van der Waals surface area contributed by atoms with Crippen LogP contribution in [0.15, 0.2) is 24.3 Å². The predicted octanol–water partition coefficient (Wildman–Crippen LogP) is 1.83. The molecule has 0 bridgehead atoms. The van der Waals surface area contributed by atoms with Crippen LogP contribution < -0.4 is 10.6 Å². The number of fused-ring (bicyclic) bond motifs is 1. The fourth-order valence-electron chi connectivity index (χ4n) is 1.64. The smallest absolute Gasteiger partial charge is 0.224 e. The minimum Gasteiger partial charge on any atom is -0.369 e. The van der Waals surface area contributed by atoms with Crippen LogP contribution in [0.5, 0.6) is 0 Å². The number of amides is 1. The number of carbonyl (C=O) groups is 1. The number of nitrogens with zero attached hydrogens (tertiary/aromatic N) is 2. The van der Waals surface area contributed by atoms with E-state index in [2.05, 4.69) is 20.6 Å². The number of benzene rings is 1. The molecule has 2 rings (SSSR count). The lowest BCUT2D eigenvalue weighted by Gasteiger charge is -2.08. The van der Waals surface area contributed by atoms with Crippen LogP contribution in [0.2, 0.25) is 5.28 Å². The minimum absolute atomic E-state index is 0.224. The number of hydrogen-bond donors (Lipinski definition) is 2. The second-order valence-electron chi connectivity index (χ2n) is 3.71. The van der Waals surface area contributed by atoms with Crippen molar-refractivity contribution in [3.8, 4) is 0 Å².